The zero-order valence-electron chi connectivity index (χ0n) is 11.9. The van der Waals surface area contributed by atoms with Crippen molar-refractivity contribution in [2.75, 3.05) is 18.4 Å². The Balaban J connectivity index is 1.82. The average molecular weight is 274 g/mol. The molecule has 6 heteroatoms. The van der Waals surface area contributed by atoms with Crippen LogP contribution >= 0.6 is 0 Å². The Morgan fingerprint density at radius 1 is 1.50 bits per heavy atom. The minimum absolute atomic E-state index is 0.156. The highest BCUT2D eigenvalue weighted by Gasteiger charge is 2.33. The maximum Gasteiger partial charge on any atom is 0.410 e. The van der Waals surface area contributed by atoms with Crippen LogP contribution in [-0.2, 0) is 4.74 Å². The van der Waals surface area contributed by atoms with Crippen LogP contribution in [0.15, 0.2) is 12.4 Å². The summed E-state index contributed by atoms with van der Waals surface area (Å²) >= 11 is 0. The van der Waals surface area contributed by atoms with Crippen LogP contribution < -0.4 is 5.32 Å². The average Bonchev–Trinajstić information content (AvgIpc) is 2.31. The maximum atomic E-state index is 11.8. The normalized spacial score (nSPS) is 15.2. The minimum atomic E-state index is -0.468. The molecule has 0 spiro atoms. The van der Waals surface area contributed by atoms with Gasteiger partial charge in [0, 0.05) is 19.2 Å². The van der Waals surface area contributed by atoms with Crippen molar-refractivity contribution in [1.82, 2.24) is 14.9 Å². The van der Waals surface area contributed by atoms with Crippen molar-refractivity contribution in [3.63, 3.8) is 0 Å². The molecule has 2 heterocycles. The lowest BCUT2D eigenvalue weighted by Gasteiger charge is -2.40. The molecule has 1 saturated heterocycles. The molecule has 0 aromatic carbocycles. The van der Waals surface area contributed by atoms with E-state index in [-0.39, 0.29) is 12.1 Å². The van der Waals surface area contributed by atoms with Gasteiger partial charge in [0.05, 0.1) is 6.04 Å². The largest absolute Gasteiger partial charge is 0.444 e. The predicted molar refractivity (Wildman–Crippen MR) is 75.2 cm³/mol. The van der Waals surface area contributed by atoms with Crippen molar-refractivity contribution in [3.8, 4) is 12.3 Å². The molecule has 0 radical (unpaired) electrons. The zero-order valence-corrected chi connectivity index (χ0v) is 11.9. The van der Waals surface area contributed by atoms with Gasteiger partial charge in [-0.25, -0.2) is 14.8 Å². The molecule has 106 valence electrons. The smallest absolute Gasteiger partial charge is 0.410 e. The molecule has 1 amide bonds. The van der Waals surface area contributed by atoms with Gasteiger partial charge in [-0.15, -0.1) is 6.42 Å². The lowest BCUT2D eigenvalue weighted by molar-refractivity contribution is 0.0104. The molecule has 0 aliphatic carbocycles. The third-order valence-electron chi connectivity index (χ3n) is 2.70. The summed E-state index contributed by atoms with van der Waals surface area (Å²) in [6.45, 7) is 6.72. The van der Waals surface area contributed by atoms with Crippen molar-refractivity contribution in [2.45, 2.75) is 32.4 Å². The first-order chi connectivity index (χ1) is 9.37. The second kappa shape index (κ2) is 5.37. The van der Waals surface area contributed by atoms with Gasteiger partial charge < -0.3 is 15.0 Å². The third-order valence-corrected chi connectivity index (χ3v) is 2.70. The molecule has 1 aliphatic rings. The van der Waals surface area contributed by atoms with Gasteiger partial charge in [0.1, 0.15) is 23.4 Å². The number of hydrogen-bond donors (Lipinski definition) is 1. The maximum absolute atomic E-state index is 11.8. The van der Waals surface area contributed by atoms with Crippen molar-refractivity contribution in [1.29, 1.82) is 0 Å². The molecule has 1 fully saturated rings. The fourth-order valence-corrected chi connectivity index (χ4v) is 1.77. The van der Waals surface area contributed by atoms with Gasteiger partial charge >= 0.3 is 6.09 Å². The second-order valence-corrected chi connectivity index (χ2v) is 5.66. The monoisotopic (exact) mass is 274 g/mol. The van der Waals surface area contributed by atoms with E-state index in [9.17, 15) is 4.79 Å². The molecule has 0 atom stereocenters. The van der Waals surface area contributed by atoms with Crippen molar-refractivity contribution >= 4 is 11.9 Å². The molecule has 0 unspecified atom stereocenters. The van der Waals surface area contributed by atoms with Gasteiger partial charge in [-0.05, 0) is 20.8 Å². The summed E-state index contributed by atoms with van der Waals surface area (Å²) in [6, 6.07) is 1.86. The number of likely N-dealkylation sites (tertiary alicyclic amines) is 1. The standard InChI is InChI=1S/C14H18N4O2/c1-5-10-6-12(16-9-15-10)17-11-7-18(8-11)13(19)20-14(2,3)4/h1,6,9,11H,7-8H2,2-4H3,(H,15,16,17). The fourth-order valence-electron chi connectivity index (χ4n) is 1.77. The number of amides is 1. The van der Waals surface area contributed by atoms with Crippen molar-refractivity contribution in [3.05, 3.63) is 18.1 Å². The molecule has 0 saturated carbocycles. The Labute approximate surface area is 118 Å². The van der Waals surface area contributed by atoms with Gasteiger partial charge in [-0.1, -0.05) is 5.92 Å². The summed E-state index contributed by atoms with van der Waals surface area (Å²) in [5.41, 5.74) is 0.0649. The Kier molecular flexibility index (Phi) is 3.79. The summed E-state index contributed by atoms with van der Waals surface area (Å²) < 4.78 is 5.28. The summed E-state index contributed by atoms with van der Waals surface area (Å²) in [5.74, 6) is 3.12. The number of terminal acetylenes is 1. The van der Waals surface area contributed by atoms with E-state index in [1.54, 1.807) is 11.0 Å². The van der Waals surface area contributed by atoms with Crippen LogP contribution in [-0.4, -0.2) is 45.7 Å². The number of aromatic nitrogens is 2. The number of carbonyl (C=O) groups excluding carboxylic acids is 1. The van der Waals surface area contributed by atoms with Gasteiger partial charge in [-0.3, -0.25) is 0 Å². The van der Waals surface area contributed by atoms with E-state index >= 15 is 0 Å². The lowest BCUT2D eigenvalue weighted by atomic mass is 10.1. The Bertz CT molecular complexity index is 539. The first kappa shape index (κ1) is 14.1. The molecule has 1 aliphatic heterocycles. The van der Waals surface area contributed by atoms with E-state index in [1.807, 2.05) is 20.8 Å². The first-order valence-corrected chi connectivity index (χ1v) is 6.40. The fraction of sp³-hybridized carbons (Fsp3) is 0.500. The van der Waals surface area contributed by atoms with E-state index in [1.165, 1.54) is 6.33 Å². The summed E-state index contributed by atoms with van der Waals surface area (Å²) in [4.78, 5) is 21.4. The van der Waals surface area contributed by atoms with Gasteiger partial charge in [-0.2, -0.15) is 0 Å². The second-order valence-electron chi connectivity index (χ2n) is 5.66. The van der Waals surface area contributed by atoms with Crippen LogP contribution in [0.5, 0.6) is 0 Å². The van der Waals surface area contributed by atoms with Crippen LogP contribution in [0.3, 0.4) is 0 Å². The van der Waals surface area contributed by atoms with E-state index in [4.69, 9.17) is 11.2 Å². The van der Waals surface area contributed by atoms with Gasteiger partial charge in [0.25, 0.3) is 0 Å². The molecular formula is C14H18N4O2. The Morgan fingerprint density at radius 2 is 2.20 bits per heavy atom. The summed E-state index contributed by atoms with van der Waals surface area (Å²) in [7, 11) is 0. The molecule has 1 aromatic heterocycles. The Morgan fingerprint density at radius 3 is 2.80 bits per heavy atom. The van der Waals surface area contributed by atoms with Gasteiger partial charge in [0.2, 0.25) is 0 Å². The number of nitrogens with zero attached hydrogens (tertiary/aromatic N) is 3. The molecular weight excluding hydrogens is 256 g/mol. The zero-order chi connectivity index (χ0) is 14.8. The highest BCUT2D eigenvalue weighted by Crippen LogP contribution is 2.17. The Hall–Kier alpha value is -2.29. The highest BCUT2D eigenvalue weighted by atomic mass is 16.6. The van der Waals surface area contributed by atoms with E-state index in [2.05, 4.69) is 21.2 Å². The molecule has 2 rings (SSSR count). The lowest BCUT2D eigenvalue weighted by Crippen LogP contribution is -2.58. The summed E-state index contributed by atoms with van der Waals surface area (Å²) in [5, 5.41) is 3.20. The molecule has 1 aromatic rings. The highest BCUT2D eigenvalue weighted by molar-refractivity contribution is 5.69. The quantitative estimate of drug-likeness (QED) is 0.828. The van der Waals surface area contributed by atoms with E-state index in [0.717, 1.165) is 0 Å². The van der Waals surface area contributed by atoms with Crippen LogP contribution in [0, 0.1) is 12.3 Å². The number of rotatable bonds is 2. The first-order valence-electron chi connectivity index (χ1n) is 6.40. The van der Waals surface area contributed by atoms with Crippen LogP contribution in [0.4, 0.5) is 10.6 Å². The van der Waals surface area contributed by atoms with Crippen LogP contribution in [0.2, 0.25) is 0 Å². The number of hydrogen-bond acceptors (Lipinski definition) is 5. The number of anilines is 1. The number of ether oxygens (including phenoxy) is 1. The third kappa shape index (κ3) is 3.60. The predicted octanol–water partition coefficient (Wildman–Crippen LogP) is 1.49. The van der Waals surface area contributed by atoms with Crippen LogP contribution in [0.1, 0.15) is 26.5 Å². The molecule has 1 N–H and O–H groups in total. The molecule has 0 bridgehead atoms. The van der Waals surface area contributed by atoms with Crippen LogP contribution in [0.25, 0.3) is 0 Å². The van der Waals surface area contributed by atoms with E-state index in [0.29, 0.717) is 24.6 Å². The molecule has 20 heavy (non-hydrogen) atoms. The number of nitrogens with one attached hydrogen (secondary N) is 1. The van der Waals surface area contributed by atoms with Crippen molar-refractivity contribution in [2.24, 2.45) is 0 Å². The van der Waals surface area contributed by atoms with Gasteiger partial charge in [0.15, 0.2) is 0 Å². The van der Waals surface area contributed by atoms with E-state index < -0.39 is 5.60 Å². The number of carbonyl (C=O) groups is 1. The molecule has 6 nitrogen and oxygen atoms in total. The topological polar surface area (TPSA) is 67.4 Å². The summed E-state index contributed by atoms with van der Waals surface area (Å²) in [6.07, 6.45) is 6.41. The minimum Gasteiger partial charge on any atom is -0.444 e. The SMILES string of the molecule is C#Cc1cc(NC2CN(C(=O)OC(C)(C)C)C2)ncn1. The van der Waals surface area contributed by atoms with Crippen molar-refractivity contribution < 1.29 is 9.53 Å².